The van der Waals surface area contributed by atoms with Crippen LogP contribution in [-0.4, -0.2) is 34.9 Å². The van der Waals surface area contributed by atoms with Crippen LogP contribution in [0.4, 0.5) is 0 Å². The van der Waals surface area contributed by atoms with E-state index in [2.05, 4.69) is 4.98 Å². The van der Waals surface area contributed by atoms with E-state index in [0.717, 1.165) is 25.9 Å². The van der Waals surface area contributed by atoms with Crippen molar-refractivity contribution in [3.05, 3.63) is 17.3 Å². The number of likely N-dealkylation sites (tertiary alicyclic amines) is 1. The first-order valence-electron chi connectivity index (χ1n) is 6.48. The summed E-state index contributed by atoms with van der Waals surface area (Å²) in [5.41, 5.74) is 6.57. The van der Waals surface area contributed by atoms with Gasteiger partial charge in [-0.05, 0) is 32.6 Å². The Bertz CT molecular complexity index is 431. The van der Waals surface area contributed by atoms with Gasteiger partial charge in [0.2, 0.25) is 5.76 Å². The van der Waals surface area contributed by atoms with Crippen LogP contribution in [0.25, 0.3) is 0 Å². The van der Waals surface area contributed by atoms with E-state index in [4.69, 9.17) is 10.2 Å². The van der Waals surface area contributed by atoms with Crippen LogP contribution in [-0.2, 0) is 0 Å². The number of aromatic nitrogens is 1. The van der Waals surface area contributed by atoms with Gasteiger partial charge in [0.1, 0.15) is 0 Å². The third-order valence-corrected chi connectivity index (χ3v) is 3.67. The van der Waals surface area contributed by atoms with Crippen LogP contribution in [0.2, 0.25) is 0 Å². The average Bonchev–Trinajstić information content (AvgIpc) is 2.67. The lowest BCUT2D eigenvalue weighted by atomic mass is 9.91. The number of carbonyl (C=O) groups excluding carboxylic acids is 1. The molecule has 5 nitrogen and oxygen atoms in total. The molecule has 1 aliphatic heterocycles. The molecule has 1 aromatic heterocycles. The Kier molecular flexibility index (Phi) is 3.71. The second-order valence-electron chi connectivity index (χ2n) is 5.14. The molecule has 2 rings (SSSR count). The van der Waals surface area contributed by atoms with Crippen LogP contribution < -0.4 is 5.73 Å². The maximum absolute atomic E-state index is 12.3. The van der Waals surface area contributed by atoms with Crippen molar-refractivity contribution >= 4 is 5.91 Å². The Morgan fingerprint density at radius 1 is 1.44 bits per heavy atom. The fourth-order valence-corrected chi connectivity index (χ4v) is 2.50. The molecule has 0 saturated carbocycles. The first-order chi connectivity index (χ1) is 8.49. The van der Waals surface area contributed by atoms with Crippen LogP contribution >= 0.6 is 0 Å². The smallest absolute Gasteiger partial charge is 0.291 e. The van der Waals surface area contributed by atoms with Crippen LogP contribution in [0.3, 0.4) is 0 Å². The van der Waals surface area contributed by atoms with Crippen LogP contribution in [0.1, 0.15) is 41.9 Å². The summed E-state index contributed by atoms with van der Waals surface area (Å²) in [5.74, 6) is 1.40. The molecule has 0 bridgehead atoms. The number of rotatable bonds is 2. The number of nitrogens with two attached hydrogens (primary N) is 1. The van der Waals surface area contributed by atoms with E-state index >= 15 is 0 Å². The highest BCUT2D eigenvalue weighted by Gasteiger charge is 2.28. The minimum Gasteiger partial charge on any atom is -0.436 e. The van der Waals surface area contributed by atoms with E-state index in [1.165, 1.54) is 0 Å². The predicted octanol–water partition coefficient (Wildman–Crippen LogP) is 1.49. The van der Waals surface area contributed by atoms with Gasteiger partial charge in [-0.3, -0.25) is 4.79 Å². The predicted molar refractivity (Wildman–Crippen MR) is 68.3 cm³/mol. The van der Waals surface area contributed by atoms with E-state index in [1.54, 1.807) is 13.8 Å². The molecule has 0 aliphatic carbocycles. The average molecular weight is 251 g/mol. The van der Waals surface area contributed by atoms with Gasteiger partial charge in [-0.25, -0.2) is 4.98 Å². The standard InChI is InChI=1S/C13H21N3O2/c1-8(14)11-4-6-16(7-5-11)13(17)12-9(2)15-10(3)18-12/h8,11H,4-7,14H2,1-3H3. The molecule has 5 heteroatoms. The summed E-state index contributed by atoms with van der Waals surface area (Å²) < 4.78 is 5.38. The maximum Gasteiger partial charge on any atom is 0.291 e. The lowest BCUT2D eigenvalue weighted by Gasteiger charge is -2.33. The Balaban J connectivity index is 2.02. The summed E-state index contributed by atoms with van der Waals surface area (Å²) in [7, 11) is 0. The first kappa shape index (κ1) is 13.1. The van der Waals surface area contributed by atoms with E-state index < -0.39 is 0 Å². The molecule has 100 valence electrons. The molecule has 1 saturated heterocycles. The normalized spacial score (nSPS) is 19.0. The Morgan fingerprint density at radius 2 is 2.06 bits per heavy atom. The van der Waals surface area contributed by atoms with Gasteiger partial charge in [0, 0.05) is 26.1 Å². The van der Waals surface area contributed by atoms with Gasteiger partial charge >= 0.3 is 0 Å². The van der Waals surface area contributed by atoms with E-state index in [1.807, 2.05) is 11.8 Å². The first-order valence-corrected chi connectivity index (χ1v) is 6.48. The van der Waals surface area contributed by atoms with E-state index in [0.29, 0.717) is 23.3 Å². The molecule has 1 aliphatic rings. The Hall–Kier alpha value is -1.36. The van der Waals surface area contributed by atoms with Crippen molar-refractivity contribution in [2.45, 2.75) is 39.7 Å². The molecule has 0 aromatic carbocycles. The molecule has 1 aromatic rings. The second-order valence-corrected chi connectivity index (χ2v) is 5.14. The fourth-order valence-electron chi connectivity index (χ4n) is 2.50. The van der Waals surface area contributed by atoms with Crippen molar-refractivity contribution in [3.63, 3.8) is 0 Å². The Labute approximate surface area is 107 Å². The number of carbonyl (C=O) groups is 1. The van der Waals surface area contributed by atoms with Crippen LogP contribution in [0, 0.1) is 19.8 Å². The van der Waals surface area contributed by atoms with Crippen molar-refractivity contribution in [3.8, 4) is 0 Å². The molecule has 1 fully saturated rings. The van der Waals surface area contributed by atoms with E-state index in [9.17, 15) is 4.79 Å². The molecule has 1 atom stereocenters. The van der Waals surface area contributed by atoms with Gasteiger partial charge in [0.15, 0.2) is 5.89 Å². The number of amides is 1. The summed E-state index contributed by atoms with van der Waals surface area (Å²) >= 11 is 0. The SMILES string of the molecule is Cc1nc(C)c(C(=O)N2CCC(C(C)N)CC2)o1. The number of aryl methyl sites for hydroxylation is 2. The summed E-state index contributed by atoms with van der Waals surface area (Å²) in [4.78, 5) is 18.2. The molecule has 2 N–H and O–H groups in total. The van der Waals surface area contributed by atoms with Crippen molar-refractivity contribution < 1.29 is 9.21 Å². The summed E-state index contributed by atoms with van der Waals surface area (Å²) in [5, 5.41) is 0. The summed E-state index contributed by atoms with van der Waals surface area (Å²) in [6.07, 6.45) is 1.94. The van der Waals surface area contributed by atoms with Crippen LogP contribution in [0.15, 0.2) is 4.42 Å². The van der Waals surface area contributed by atoms with Crippen LogP contribution in [0.5, 0.6) is 0 Å². The van der Waals surface area contributed by atoms with Gasteiger partial charge in [-0.15, -0.1) is 0 Å². The second kappa shape index (κ2) is 5.10. The molecule has 18 heavy (non-hydrogen) atoms. The lowest BCUT2D eigenvalue weighted by molar-refractivity contribution is 0.0646. The molecule has 1 amide bonds. The Morgan fingerprint density at radius 3 is 2.50 bits per heavy atom. The monoisotopic (exact) mass is 251 g/mol. The largest absolute Gasteiger partial charge is 0.436 e. The molecule has 2 heterocycles. The third kappa shape index (κ3) is 2.56. The number of nitrogens with zero attached hydrogens (tertiary/aromatic N) is 2. The van der Waals surface area contributed by atoms with Gasteiger partial charge in [-0.2, -0.15) is 0 Å². The molecule has 0 radical (unpaired) electrons. The van der Waals surface area contributed by atoms with Crippen molar-refractivity contribution in [1.82, 2.24) is 9.88 Å². The fraction of sp³-hybridized carbons (Fsp3) is 0.692. The highest BCUT2D eigenvalue weighted by atomic mass is 16.4. The number of hydrogen-bond acceptors (Lipinski definition) is 4. The van der Waals surface area contributed by atoms with Gasteiger partial charge in [-0.1, -0.05) is 0 Å². The van der Waals surface area contributed by atoms with Gasteiger partial charge in [0.25, 0.3) is 5.91 Å². The molecular formula is C13H21N3O2. The van der Waals surface area contributed by atoms with Crippen molar-refractivity contribution in [2.75, 3.05) is 13.1 Å². The topological polar surface area (TPSA) is 72.4 Å². The highest BCUT2D eigenvalue weighted by Crippen LogP contribution is 2.22. The van der Waals surface area contributed by atoms with Crippen molar-refractivity contribution in [2.24, 2.45) is 11.7 Å². The third-order valence-electron chi connectivity index (χ3n) is 3.67. The number of oxazole rings is 1. The lowest BCUT2D eigenvalue weighted by Crippen LogP contribution is -2.42. The summed E-state index contributed by atoms with van der Waals surface area (Å²) in [6, 6.07) is 0.205. The summed E-state index contributed by atoms with van der Waals surface area (Å²) in [6.45, 7) is 7.10. The molecule has 1 unspecified atom stereocenters. The molecular weight excluding hydrogens is 230 g/mol. The maximum atomic E-state index is 12.3. The minimum atomic E-state index is -0.0452. The number of hydrogen-bond donors (Lipinski definition) is 1. The van der Waals surface area contributed by atoms with Gasteiger partial charge in [0.05, 0.1) is 5.69 Å². The van der Waals surface area contributed by atoms with Gasteiger partial charge < -0.3 is 15.1 Å². The zero-order chi connectivity index (χ0) is 13.3. The minimum absolute atomic E-state index is 0.0452. The van der Waals surface area contributed by atoms with Crippen molar-refractivity contribution in [1.29, 1.82) is 0 Å². The zero-order valence-corrected chi connectivity index (χ0v) is 11.3. The number of piperidine rings is 1. The highest BCUT2D eigenvalue weighted by molar-refractivity contribution is 5.92. The van der Waals surface area contributed by atoms with E-state index in [-0.39, 0.29) is 11.9 Å². The quantitative estimate of drug-likeness (QED) is 0.864. The molecule has 0 spiro atoms. The zero-order valence-electron chi connectivity index (χ0n) is 11.3.